The number of hydrogen-bond donors (Lipinski definition) is 1. The van der Waals surface area contributed by atoms with Crippen LogP contribution in [0.1, 0.15) is 28.9 Å². The predicted octanol–water partition coefficient (Wildman–Crippen LogP) is 3.44. The molecule has 2 aromatic carbocycles. The average molecular weight is 346 g/mol. The summed E-state index contributed by atoms with van der Waals surface area (Å²) in [4.78, 5) is 19.6. The molecule has 3 aromatic rings. The summed E-state index contributed by atoms with van der Waals surface area (Å²) in [6.45, 7) is 0.607. The van der Waals surface area contributed by atoms with E-state index in [0.29, 0.717) is 18.7 Å². The molecule has 1 fully saturated rings. The summed E-state index contributed by atoms with van der Waals surface area (Å²) in [5, 5.41) is 12.1. The van der Waals surface area contributed by atoms with Gasteiger partial charge in [0.2, 0.25) is 0 Å². The zero-order valence-corrected chi connectivity index (χ0v) is 14.6. The van der Waals surface area contributed by atoms with Crippen LogP contribution in [-0.4, -0.2) is 39.6 Å². The fourth-order valence-electron chi connectivity index (χ4n) is 4.05. The number of likely N-dealkylation sites (tertiary alicyclic amines) is 1. The van der Waals surface area contributed by atoms with Crippen LogP contribution in [0.2, 0.25) is 0 Å². The molecule has 1 saturated heterocycles. The summed E-state index contributed by atoms with van der Waals surface area (Å²) in [5.41, 5.74) is 1.04. The molecule has 0 saturated carbocycles. The first-order valence-corrected chi connectivity index (χ1v) is 9.04. The Kier molecular flexibility index (Phi) is 4.43. The lowest BCUT2D eigenvalue weighted by Crippen LogP contribution is -2.51. The van der Waals surface area contributed by atoms with Gasteiger partial charge in [0.05, 0.1) is 12.1 Å². The maximum atomic E-state index is 13.4. The second-order valence-electron chi connectivity index (χ2n) is 6.99. The third-order valence-corrected chi connectivity index (χ3v) is 5.39. The zero-order chi connectivity index (χ0) is 18.0. The van der Waals surface area contributed by atoms with Crippen LogP contribution in [0.5, 0.6) is 0 Å². The molecule has 1 aliphatic rings. The van der Waals surface area contributed by atoms with Gasteiger partial charge in [-0.1, -0.05) is 54.6 Å². The van der Waals surface area contributed by atoms with Crippen LogP contribution < -0.4 is 0 Å². The van der Waals surface area contributed by atoms with Gasteiger partial charge in [0.15, 0.2) is 0 Å². The summed E-state index contributed by atoms with van der Waals surface area (Å²) < 4.78 is 0. The number of fused-ring (bicyclic) bond motifs is 1. The Morgan fingerprint density at radius 1 is 1.08 bits per heavy atom. The molecule has 4 heteroatoms. The molecule has 0 bridgehead atoms. The van der Waals surface area contributed by atoms with E-state index >= 15 is 0 Å². The lowest BCUT2D eigenvalue weighted by atomic mass is 9.88. The standard InChI is InChI=1S/C22H22N2O2/c25-16-22(15-17-7-2-1-3-8-17)12-6-14-24(22)21(26)20-19-10-5-4-9-18(19)11-13-23-20/h1-5,7-11,13,25H,6,12,14-16H2/t22-/m1/s1. The molecule has 1 aromatic heterocycles. The molecule has 0 radical (unpaired) electrons. The summed E-state index contributed by atoms with van der Waals surface area (Å²) in [6, 6.07) is 19.8. The van der Waals surface area contributed by atoms with Crippen molar-refractivity contribution in [2.45, 2.75) is 24.8 Å². The van der Waals surface area contributed by atoms with Gasteiger partial charge in [0, 0.05) is 18.1 Å². The first-order valence-electron chi connectivity index (χ1n) is 9.04. The lowest BCUT2D eigenvalue weighted by Gasteiger charge is -2.37. The van der Waals surface area contributed by atoms with Gasteiger partial charge in [-0.3, -0.25) is 9.78 Å². The van der Waals surface area contributed by atoms with Crippen molar-refractivity contribution in [2.75, 3.05) is 13.2 Å². The van der Waals surface area contributed by atoms with Crippen LogP contribution in [-0.2, 0) is 6.42 Å². The summed E-state index contributed by atoms with van der Waals surface area (Å²) in [6.07, 6.45) is 4.03. The summed E-state index contributed by atoms with van der Waals surface area (Å²) in [5.74, 6) is -0.0933. The normalized spacial score (nSPS) is 19.8. The molecule has 0 aliphatic carbocycles. The van der Waals surface area contributed by atoms with Gasteiger partial charge in [-0.25, -0.2) is 0 Å². The van der Waals surface area contributed by atoms with Crippen LogP contribution in [0.15, 0.2) is 66.9 Å². The Morgan fingerprint density at radius 2 is 1.85 bits per heavy atom. The first kappa shape index (κ1) is 16.7. The molecular weight excluding hydrogens is 324 g/mol. The monoisotopic (exact) mass is 346 g/mol. The second kappa shape index (κ2) is 6.89. The van der Waals surface area contributed by atoms with E-state index in [0.717, 1.165) is 29.2 Å². The number of carbonyl (C=O) groups is 1. The number of aromatic nitrogens is 1. The summed E-state index contributed by atoms with van der Waals surface area (Å²) >= 11 is 0. The molecule has 1 N–H and O–H groups in total. The summed E-state index contributed by atoms with van der Waals surface area (Å²) in [7, 11) is 0. The minimum atomic E-state index is -0.558. The Morgan fingerprint density at radius 3 is 2.65 bits per heavy atom. The number of aliphatic hydroxyl groups excluding tert-OH is 1. The smallest absolute Gasteiger partial charge is 0.273 e. The Bertz CT molecular complexity index is 920. The Balaban J connectivity index is 1.71. The van der Waals surface area contributed by atoms with E-state index in [1.54, 1.807) is 6.20 Å². The highest BCUT2D eigenvalue weighted by Gasteiger charge is 2.44. The van der Waals surface area contributed by atoms with Crippen LogP contribution >= 0.6 is 0 Å². The molecule has 1 aliphatic heterocycles. The first-order chi connectivity index (χ1) is 12.7. The van der Waals surface area contributed by atoms with Crippen molar-refractivity contribution in [3.05, 3.63) is 78.1 Å². The number of aliphatic hydroxyl groups is 1. The molecule has 0 unspecified atom stereocenters. The van der Waals surface area contributed by atoms with Gasteiger partial charge in [0.1, 0.15) is 5.69 Å². The Hall–Kier alpha value is -2.72. The molecule has 0 spiro atoms. The number of pyridine rings is 1. The van der Waals surface area contributed by atoms with E-state index in [4.69, 9.17) is 0 Å². The topological polar surface area (TPSA) is 53.4 Å². The predicted molar refractivity (Wildman–Crippen MR) is 102 cm³/mol. The van der Waals surface area contributed by atoms with Crippen molar-refractivity contribution >= 4 is 16.7 Å². The van der Waals surface area contributed by atoms with Crippen molar-refractivity contribution in [3.63, 3.8) is 0 Å². The number of amides is 1. The van der Waals surface area contributed by atoms with Crippen molar-refractivity contribution in [2.24, 2.45) is 0 Å². The number of nitrogens with zero attached hydrogens (tertiary/aromatic N) is 2. The largest absolute Gasteiger partial charge is 0.394 e. The highest BCUT2D eigenvalue weighted by molar-refractivity contribution is 6.05. The van der Waals surface area contributed by atoms with Crippen LogP contribution in [0.3, 0.4) is 0 Å². The molecule has 4 nitrogen and oxygen atoms in total. The zero-order valence-electron chi connectivity index (χ0n) is 14.6. The van der Waals surface area contributed by atoms with E-state index in [2.05, 4.69) is 17.1 Å². The van der Waals surface area contributed by atoms with E-state index in [-0.39, 0.29) is 12.5 Å². The highest BCUT2D eigenvalue weighted by atomic mass is 16.3. The fraction of sp³-hybridized carbons (Fsp3) is 0.273. The van der Waals surface area contributed by atoms with Crippen molar-refractivity contribution in [1.29, 1.82) is 0 Å². The van der Waals surface area contributed by atoms with Gasteiger partial charge in [-0.15, -0.1) is 0 Å². The molecular formula is C22H22N2O2. The van der Waals surface area contributed by atoms with Crippen molar-refractivity contribution in [3.8, 4) is 0 Å². The SMILES string of the molecule is O=C(c1nccc2ccccc12)N1CCC[C@]1(CO)Cc1ccccc1. The highest BCUT2D eigenvalue weighted by Crippen LogP contribution is 2.34. The van der Waals surface area contributed by atoms with E-state index in [1.807, 2.05) is 53.4 Å². The third-order valence-electron chi connectivity index (χ3n) is 5.39. The van der Waals surface area contributed by atoms with Gasteiger partial charge in [-0.05, 0) is 36.3 Å². The van der Waals surface area contributed by atoms with Gasteiger partial charge in [-0.2, -0.15) is 0 Å². The van der Waals surface area contributed by atoms with Crippen LogP contribution in [0, 0.1) is 0 Å². The average Bonchev–Trinajstić information content (AvgIpc) is 3.11. The van der Waals surface area contributed by atoms with Crippen LogP contribution in [0.4, 0.5) is 0 Å². The third kappa shape index (κ3) is 2.86. The lowest BCUT2D eigenvalue weighted by molar-refractivity contribution is 0.0409. The van der Waals surface area contributed by atoms with Gasteiger partial charge >= 0.3 is 0 Å². The maximum absolute atomic E-state index is 13.4. The Labute approximate surface area is 153 Å². The quantitative estimate of drug-likeness (QED) is 0.787. The number of carbonyl (C=O) groups excluding carboxylic acids is 1. The van der Waals surface area contributed by atoms with Gasteiger partial charge in [0.25, 0.3) is 5.91 Å². The molecule has 26 heavy (non-hydrogen) atoms. The van der Waals surface area contributed by atoms with E-state index in [1.165, 1.54) is 0 Å². The molecule has 4 rings (SSSR count). The fourth-order valence-corrected chi connectivity index (χ4v) is 4.05. The van der Waals surface area contributed by atoms with E-state index in [9.17, 15) is 9.90 Å². The molecule has 132 valence electrons. The second-order valence-corrected chi connectivity index (χ2v) is 6.99. The number of benzene rings is 2. The van der Waals surface area contributed by atoms with Gasteiger partial charge < -0.3 is 10.0 Å². The minimum Gasteiger partial charge on any atom is -0.394 e. The molecule has 1 atom stereocenters. The number of rotatable bonds is 4. The molecule has 2 heterocycles. The maximum Gasteiger partial charge on any atom is 0.273 e. The van der Waals surface area contributed by atoms with Crippen LogP contribution in [0.25, 0.3) is 10.8 Å². The van der Waals surface area contributed by atoms with Crippen molar-refractivity contribution in [1.82, 2.24) is 9.88 Å². The number of hydrogen-bond acceptors (Lipinski definition) is 3. The minimum absolute atomic E-state index is 0.0433. The molecule has 1 amide bonds. The van der Waals surface area contributed by atoms with E-state index < -0.39 is 5.54 Å². The van der Waals surface area contributed by atoms with Crippen molar-refractivity contribution < 1.29 is 9.90 Å².